The molecular formula is C16H14Cl3NO4. The van der Waals surface area contributed by atoms with E-state index in [1.54, 1.807) is 30.3 Å². The maximum atomic E-state index is 8.72. The number of rotatable bonds is 7. The molecule has 24 heavy (non-hydrogen) atoms. The molecule has 0 aliphatic carbocycles. The average Bonchev–Trinajstić information content (AvgIpc) is 2.54. The molecule has 2 rings (SSSR count). The second kappa shape index (κ2) is 8.87. The predicted octanol–water partition coefficient (Wildman–Crippen LogP) is 4.92. The summed E-state index contributed by atoms with van der Waals surface area (Å²) in [5.74, 6) is 1.29. The molecular weight excluding hydrogens is 377 g/mol. The third kappa shape index (κ3) is 4.60. The van der Waals surface area contributed by atoms with Gasteiger partial charge < -0.3 is 19.4 Å². The summed E-state index contributed by atoms with van der Waals surface area (Å²) in [6.45, 7) is 0.386. The van der Waals surface area contributed by atoms with Gasteiger partial charge in [0.25, 0.3) is 0 Å². The summed E-state index contributed by atoms with van der Waals surface area (Å²) in [6, 6.07) is 8.30. The minimum absolute atomic E-state index is 0.189. The van der Waals surface area contributed by atoms with Crippen LogP contribution in [0.4, 0.5) is 0 Å². The zero-order valence-corrected chi connectivity index (χ0v) is 14.9. The molecule has 0 spiro atoms. The largest absolute Gasteiger partial charge is 0.493 e. The molecule has 128 valence electrons. The van der Waals surface area contributed by atoms with Crippen molar-refractivity contribution in [3.8, 4) is 17.2 Å². The van der Waals surface area contributed by atoms with Crippen molar-refractivity contribution in [3.63, 3.8) is 0 Å². The Balaban J connectivity index is 2.03. The molecule has 0 aromatic heterocycles. The van der Waals surface area contributed by atoms with Gasteiger partial charge in [0.1, 0.15) is 13.2 Å². The van der Waals surface area contributed by atoms with E-state index in [2.05, 4.69) is 5.16 Å². The van der Waals surface area contributed by atoms with E-state index in [-0.39, 0.29) is 13.2 Å². The fraction of sp³-hybridized carbons (Fsp3) is 0.188. The first-order valence-electron chi connectivity index (χ1n) is 6.81. The molecule has 0 unspecified atom stereocenters. The molecule has 0 aliphatic heterocycles. The van der Waals surface area contributed by atoms with Gasteiger partial charge in [-0.2, -0.15) is 0 Å². The first kappa shape index (κ1) is 18.5. The van der Waals surface area contributed by atoms with Crippen LogP contribution in [0.3, 0.4) is 0 Å². The summed E-state index contributed by atoms with van der Waals surface area (Å²) in [6.07, 6.45) is 1.26. The van der Waals surface area contributed by atoms with Gasteiger partial charge in [-0.1, -0.05) is 46.0 Å². The second-order valence-corrected chi connectivity index (χ2v) is 5.77. The lowest BCUT2D eigenvalue weighted by Crippen LogP contribution is -2.11. The van der Waals surface area contributed by atoms with Gasteiger partial charge in [0.05, 0.1) is 23.4 Å². The Morgan fingerprint density at radius 2 is 1.67 bits per heavy atom. The van der Waals surface area contributed by atoms with E-state index in [1.807, 2.05) is 0 Å². The second-order valence-electron chi connectivity index (χ2n) is 4.52. The number of oxime groups is 1. The van der Waals surface area contributed by atoms with Gasteiger partial charge in [0.2, 0.25) is 0 Å². The van der Waals surface area contributed by atoms with Gasteiger partial charge in [-0.25, -0.2) is 0 Å². The summed E-state index contributed by atoms with van der Waals surface area (Å²) in [5, 5.41) is 12.8. The van der Waals surface area contributed by atoms with Crippen LogP contribution in [0.1, 0.15) is 5.56 Å². The Morgan fingerprint density at radius 3 is 2.25 bits per heavy atom. The van der Waals surface area contributed by atoms with Crippen LogP contribution in [0.25, 0.3) is 0 Å². The van der Waals surface area contributed by atoms with Gasteiger partial charge in [-0.15, -0.1) is 0 Å². The fourth-order valence-electron chi connectivity index (χ4n) is 1.97. The fourth-order valence-corrected chi connectivity index (χ4v) is 2.89. The van der Waals surface area contributed by atoms with Crippen LogP contribution in [0.15, 0.2) is 35.5 Å². The number of methoxy groups -OCH3 is 1. The summed E-state index contributed by atoms with van der Waals surface area (Å²) in [5.41, 5.74) is 0.569. The third-order valence-corrected chi connectivity index (χ3v) is 3.75. The smallest absolute Gasteiger partial charge is 0.170 e. The number of para-hydroxylation sites is 1. The molecule has 0 saturated carbocycles. The zero-order chi connectivity index (χ0) is 17.5. The minimum atomic E-state index is 0.189. The van der Waals surface area contributed by atoms with Crippen molar-refractivity contribution in [2.45, 2.75) is 0 Å². The van der Waals surface area contributed by atoms with Crippen molar-refractivity contribution < 1.29 is 19.4 Å². The van der Waals surface area contributed by atoms with E-state index in [4.69, 9.17) is 54.2 Å². The monoisotopic (exact) mass is 389 g/mol. The molecule has 0 saturated heterocycles. The van der Waals surface area contributed by atoms with Crippen LogP contribution in [0.2, 0.25) is 15.1 Å². The molecule has 0 bridgehead atoms. The van der Waals surface area contributed by atoms with Crippen molar-refractivity contribution in [3.05, 3.63) is 51.0 Å². The predicted molar refractivity (Wildman–Crippen MR) is 94.8 cm³/mol. The Labute approximate surface area is 154 Å². The maximum Gasteiger partial charge on any atom is 0.170 e. The van der Waals surface area contributed by atoms with Gasteiger partial charge in [0, 0.05) is 10.6 Å². The van der Waals surface area contributed by atoms with Crippen molar-refractivity contribution in [2.75, 3.05) is 20.3 Å². The molecule has 0 aliphatic rings. The molecule has 5 nitrogen and oxygen atoms in total. The first-order chi connectivity index (χ1) is 11.6. The minimum Gasteiger partial charge on any atom is -0.493 e. The van der Waals surface area contributed by atoms with E-state index in [0.29, 0.717) is 37.9 Å². The molecule has 0 radical (unpaired) electrons. The molecule has 0 fully saturated rings. The maximum absolute atomic E-state index is 8.72. The highest BCUT2D eigenvalue weighted by Crippen LogP contribution is 2.36. The summed E-state index contributed by atoms with van der Waals surface area (Å²) in [4.78, 5) is 0. The van der Waals surface area contributed by atoms with E-state index >= 15 is 0 Å². The standard InChI is InChI=1S/C16H14Cl3NO4/c1-22-14-4-2-3-10(9-20-21)15(14)23-5-6-24-16-12(18)7-11(17)8-13(16)19/h2-4,7-9,21H,5-6H2,1H3. The molecule has 2 aromatic rings. The number of hydrogen-bond acceptors (Lipinski definition) is 5. The Morgan fingerprint density at radius 1 is 1.04 bits per heavy atom. The summed E-state index contributed by atoms with van der Waals surface area (Å²) in [7, 11) is 1.52. The van der Waals surface area contributed by atoms with E-state index in [1.165, 1.54) is 13.3 Å². The highest BCUT2D eigenvalue weighted by molar-refractivity contribution is 6.40. The van der Waals surface area contributed by atoms with Crippen molar-refractivity contribution in [1.29, 1.82) is 0 Å². The van der Waals surface area contributed by atoms with Crippen LogP contribution >= 0.6 is 34.8 Å². The van der Waals surface area contributed by atoms with Crippen molar-refractivity contribution >= 4 is 41.0 Å². The quantitative estimate of drug-likeness (QED) is 0.315. The lowest BCUT2D eigenvalue weighted by Gasteiger charge is -2.14. The number of halogens is 3. The van der Waals surface area contributed by atoms with Crippen molar-refractivity contribution in [1.82, 2.24) is 0 Å². The van der Waals surface area contributed by atoms with Crippen LogP contribution in [-0.4, -0.2) is 31.7 Å². The van der Waals surface area contributed by atoms with E-state index < -0.39 is 0 Å². The van der Waals surface area contributed by atoms with Gasteiger partial charge in [-0.3, -0.25) is 0 Å². The van der Waals surface area contributed by atoms with Crippen LogP contribution in [0, 0.1) is 0 Å². The highest BCUT2D eigenvalue weighted by Gasteiger charge is 2.11. The van der Waals surface area contributed by atoms with E-state index in [0.717, 1.165) is 0 Å². The zero-order valence-electron chi connectivity index (χ0n) is 12.6. The van der Waals surface area contributed by atoms with Gasteiger partial charge in [0.15, 0.2) is 17.2 Å². The lowest BCUT2D eigenvalue weighted by atomic mass is 10.2. The molecule has 0 heterocycles. The molecule has 0 amide bonds. The summed E-state index contributed by atoms with van der Waals surface area (Å²) < 4.78 is 16.5. The van der Waals surface area contributed by atoms with Crippen LogP contribution in [0.5, 0.6) is 17.2 Å². The van der Waals surface area contributed by atoms with Gasteiger partial charge in [-0.05, 0) is 24.3 Å². The Kier molecular flexibility index (Phi) is 6.85. The van der Waals surface area contributed by atoms with Crippen LogP contribution in [-0.2, 0) is 0 Å². The Hall–Kier alpha value is -1.82. The summed E-state index contributed by atoms with van der Waals surface area (Å²) >= 11 is 17.9. The van der Waals surface area contributed by atoms with Crippen LogP contribution < -0.4 is 14.2 Å². The average molecular weight is 391 g/mol. The number of nitrogens with zero attached hydrogens (tertiary/aromatic N) is 1. The SMILES string of the molecule is COc1cccc(C=NO)c1OCCOc1c(Cl)cc(Cl)cc1Cl. The number of ether oxygens (including phenoxy) is 3. The van der Waals surface area contributed by atoms with E-state index in [9.17, 15) is 0 Å². The third-order valence-electron chi connectivity index (χ3n) is 2.97. The number of hydrogen-bond donors (Lipinski definition) is 1. The molecule has 8 heteroatoms. The lowest BCUT2D eigenvalue weighted by molar-refractivity contribution is 0.211. The van der Waals surface area contributed by atoms with Crippen molar-refractivity contribution in [2.24, 2.45) is 5.16 Å². The molecule has 1 N–H and O–H groups in total. The molecule has 0 atom stereocenters. The topological polar surface area (TPSA) is 60.3 Å². The molecule has 2 aromatic carbocycles. The number of benzene rings is 2. The normalized spacial score (nSPS) is 10.8. The highest BCUT2D eigenvalue weighted by atomic mass is 35.5. The van der Waals surface area contributed by atoms with Gasteiger partial charge >= 0.3 is 0 Å². The first-order valence-corrected chi connectivity index (χ1v) is 7.94. The Bertz CT molecular complexity index is 714.